The molecule has 0 saturated heterocycles. The number of unbranched alkanes of at least 4 members (excludes halogenated alkanes) is 1. The van der Waals surface area contributed by atoms with E-state index in [1.165, 1.54) is 56.3 Å². The largest absolute Gasteiger partial charge is 0.310 e. The van der Waals surface area contributed by atoms with Crippen molar-refractivity contribution in [3.8, 4) is 0 Å². The van der Waals surface area contributed by atoms with E-state index in [9.17, 15) is 0 Å². The number of nitrogens with zero attached hydrogens (tertiary/aromatic N) is 1. The van der Waals surface area contributed by atoms with Crippen LogP contribution in [0.15, 0.2) is 24.3 Å². The fourth-order valence-corrected chi connectivity index (χ4v) is 3.16. The molecule has 1 saturated carbocycles. The third kappa shape index (κ3) is 5.12. The molecule has 0 aliphatic heterocycles. The van der Waals surface area contributed by atoms with Gasteiger partial charge in [0.2, 0.25) is 0 Å². The minimum atomic E-state index is 0.499. The number of rotatable bonds is 10. The van der Waals surface area contributed by atoms with Crippen LogP contribution in [0.2, 0.25) is 0 Å². The minimum Gasteiger partial charge on any atom is -0.310 e. The van der Waals surface area contributed by atoms with Gasteiger partial charge in [-0.2, -0.15) is 0 Å². The molecule has 1 unspecified atom stereocenters. The predicted octanol–water partition coefficient (Wildman–Crippen LogP) is 4.30. The maximum atomic E-state index is 3.68. The topological polar surface area (TPSA) is 15.3 Å². The summed E-state index contributed by atoms with van der Waals surface area (Å²) in [5.41, 5.74) is 2.89. The number of benzene rings is 1. The van der Waals surface area contributed by atoms with E-state index in [0.29, 0.717) is 6.04 Å². The standard InChI is InChI=1S/C19H32N2/c1-4-6-14-21(17-11-12-17)15-13-19(20-5-2)18-10-8-7-9-16(18)3/h7-10,17,19-20H,4-6,11-15H2,1-3H3. The Morgan fingerprint density at radius 3 is 2.57 bits per heavy atom. The van der Waals surface area contributed by atoms with E-state index in [1.54, 1.807) is 0 Å². The number of hydrogen-bond donors (Lipinski definition) is 1. The van der Waals surface area contributed by atoms with E-state index in [-0.39, 0.29) is 0 Å². The van der Waals surface area contributed by atoms with Gasteiger partial charge in [-0.15, -0.1) is 0 Å². The Bertz CT molecular complexity index is 412. The van der Waals surface area contributed by atoms with Crippen LogP contribution in [-0.4, -0.2) is 30.6 Å². The van der Waals surface area contributed by atoms with Gasteiger partial charge >= 0.3 is 0 Å². The summed E-state index contributed by atoms with van der Waals surface area (Å²) in [6.07, 6.45) is 6.70. The summed E-state index contributed by atoms with van der Waals surface area (Å²) in [6.45, 7) is 10.3. The van der Waals surface area contributed by atoms with Crippen molar-refractivity contribution in [1.29, 1.82) is 0 Å². The summed E-state index contributed by atoms with van der Waals surface area (Å²) in [7, 11) is 0. The lowest BCUT2D eigenvalue weighted by Crippen LogP contribution is -2.32. The van der Waals surface area contributed by atoms with Crippen LogP contribution in [0.4, 0.5) is 0 Å². The lowest BCUT2D eigenvalue weighted by atomic mass is 9.98. The monoisotopic (exact) mass is 288 g/mol. The zero-order valence-corrected chi connectivity index (χ0v) is 14.1. The second-order valence-corrected chi connectivity index (χ2v) is 6.38. The van der Waals surface area contributed by atoms with Gasteiger partial charge in [0.15, 0.2) is 0 Å². The number of aryl methyl sites for hydroxylation is 1. The van der Waals surface area contributed by atoms with Crippen LogP contribution in [0.1, 0.15) is 63.1 Å². The molecule has 0 heterocycles. The molecule has 1 aliphatic rings. The van der Waals surface area contributed by atoms with Crippen LogP contribution >= 0.6 is 0 Å². The summed E-state index contributed by atoms with van der Waals surface area (Å²) in [5, 5.41) is 3.68. The van der Waals surface area contributed by atoms with Crippen LogP contribution < -0.4 is 5.32 Å². The van der Waals surface area contributed by atoms with Gasteiger partial charge < -0.3 is 10.2 Å². The summed E-state index contributed by atoms with van der Waals surface area (Å²) in [6, 6.07) is 10.2. The van der Waals surface area contributed by atoms with Crippen LogP contribution in [0, 0.1) is 6.92 Å². The molecule has 0 bridgehead atoms. The quantitative estimate of drug-likeness (QED) is 0.690. The van der Waals surface area contributed by atoms with Gasteiger partial charge in [-0.25, -0.2) is 0 Å². The maximum Gasteiger partial charge on any atom is 0.0334 e. The van der Waals surface area contributed by atoms with Crippen molar-refractivity contribution in [1.82, 2.24) is 10.2 Å². The van der Waals surface area contributed by atoms with Crippen LogP contribution in [0.3, 0.4) is 0 Å². The molecule has 2 nitrogen and oxygen atoms in total. The Morgan fingerprint density at radius 1 is 1.19 bits per heavy atom. The van der Waals surface area contributed by atoms with E-state index in [2.05, 4.69) is 55.3 Å². The third-order valence-electron chi connectivity index (χ3n) is 4.58. The first-order chi connectivity index (χ1) is 10.3. The van der Waals surface area contributed by atoms with E-state index in [0.717, 1.165) is 12.6 Å². The Kier molecular flexibility index (Phi) is 6.72. The minimum absolute atomic E-state index is 0.499. The summed E-state index contributed by atoms with van der Waals surface area (Å²) in [5.74, 6) is 0. The maximum absolute atomic E-state index is 3.68. The van der Waals surface area contributed by atoms with Gasteiger partial charge in [0, 0.05) is 18.6 Å². The molecule has 0 radical (unpaired) electrons. The molecule has 21 heavy (non-hydrogen) atoms. The molecule has 1 aromatic rings. The van der Waals surface area contributed by atoms with E-state index < -0.39 is 0 Å². The smallest absolute Gasteiger partial charge is 0.0334 e. The van der Waals surface area contributed by atoms with Crippen LogP contribution in [0.25, 0.3) is 0 Å². The molecule has 2 heteroatoms. The predicted molar refractivity (Wildman–Crippen MR) is 91.7 cm³/mol. The highest BCUT2D eigenvalue weighted by atomic mass is 15.2. The summed E-state index contributed by atoms with van der Waals surface area (Å²) >= 11 is 0. The first kappa shape index (κ1) is 16.5. The van der Waals surface area contributed by atoms with Gasteiger partial charge in [0.25, 0.3) is 0 Å². The Hall–Kier alpha value is -0.860. The molecule has 1 atom stereocenters. The molecule has 1 aromatic carbocycles. The normalized spacial score (nSPS) is 16.4. The molecule has 1 aliphatic carbocycles. The highest BCUT2D eigenvalue weighted by molar-refractivity contribution is 5.28. The summed E-state index contributed by atoms with van der Waals surface area (Å²) < 4.78 is 0. The van der Waals surface area contributed by atoms with Crippen molar-refractivity contribution in [2.24, 2.45) is 0 Å². The van der Waals surface area contributed by atoms with Gasteiger partial charge in [0.05, 0.1) is 0 Å². The zero-order valence-electron chi connectivity index (χ0n) is 14.1. The van der Waals surface area contributed by atoms with Crippen molar-refractivity contribution in [2.45, 2.75) is 65.0 Å². The van der Waals surface area contributed by atoms with E-state index in [1.807, 2.05) is 0 Å². The Morgan fingerprint density at radius 2 is 1.95 bits per heavy atom. The second kappa shape index (κ2) is 8.55. The Labute approximate surface area is 130 Å². The molecule has 0 aromatic heterocycles. The molecule has 1 N–H and O–H groups in total. The fourth-order valence-electron chi connectivity index (χ4n) is 3.16. The molecular formula is C19H32N2. The number of nitrogens with one attached hydrogen (secondary N) is 1. The van der Waals surface area contributed by atoms with Crippen molar-refractivity contribution in [3.05, 3.63) is 35.4 Å². The van der Waals surface area contributed by atoms with E-state index in [4.69, 9.17) is 0 Å². The molecule has 0 amide bonds. The summed E-state index contributed by atoms with van der Waals surface area (Å²) in [4.78, 5) is 2.73. The van der Waals surface area contributed by atoms with E-state index >= 15 is 0 Å². The average molecular weight is 288 g/mol. The molecule has 2 rings (SSSR count). The van der Waals surface area contributed by atoms with Crippen molar-refractivity contribution >= 4 is 0 Å². The zero-order chi connectivity index (χ0) is 15.1. The SMILES string of the molecule is CCCCN(CCC(NCC)c1ccccc1C)C1CC1. The Balaban J connectivity index is 1.94. The second-order valence-electron chi connectivity index (χ2n) is 6.38. The fraction of sp³-hybridized carbons (Fsp3) is 0.684. The highest BCUT2D eigenvalue weighted by Crippen LogP contribution is 2.29. The lowest BCUT2D eigenvalue weighted by molar-refractivity contribution is 0.243. The van der Waals surface area contributed by atoms with Crippen molar-refractivity contribution in [2.75, 3.05) is 19.6 Å². The van der Waals surface area contributed by atoms with Gasteiger partial charge in [-0.3, -0.25) is 0 Å². The molecule has 118 valence electrons. The first-order valence-electron chi connectivity index (χ1n) is 8.79. The lowest BCUT2D eigenvalue weighted by Gasteiger charge is -2.26. The van der Waals surface area contributed by atoms with Crippen LogP contribution in [-0.2, 0) is 0 Å². The number of hydrogen-bond acceptors (Lipinski definition) is 2. The highest BCUT2D eigenvalue weighted by Gasteiger charge is 2.28. The van der Waals surface area contributed by atoms with Crippen molar-refractivity contribution in [3.63, 3.8) is 0 Å². The molecule has 0 spiro atoms. The van der Waals surface area contributed by atoms with Gasteiger partial charge in [0.1, 0.15) is 0 Å². The van der Waals surface area contributed by atoms with Crippen LogP contribution in [0.5, 0.6) is 0 Å². The van der Waals surface area contributed by atoms with Gasteiger partial charge in [-0.05, 0) is 56.8 Å². The molecule has 1 fully saturated rings. The first-order valence-corrected chi connectivity index (χ1v) is 8.79. The third-order valence-corrected chi connectivity index (χ3v) is 4.58. The van der Waals surface area contributed by atoms with Crippen molar-refractivity contribution < 1.29 is 0 Å². The van der Waals surface area contributed by atoms with Gasteiger partial charge in [-0.1, -0.05) is 44.5 Å². The average Bonchev–Trinajstić information content (AvgIpc) is 3.31. The molecular weight excluding hydrogens is 256 g/mol.